The molecule has 0 N–H and O–H groups in total. The summed E-state index contributed by atoms with van der Waals surface area (Å²) in [5, 5.41) is 0. The molecule has 0 spiro atoms. The third-order valence-corrected chi connectivity index (χ3v) is 7.92. The SMILES string of the molecule is O=C(OCCOc1ccc(S(=O)(=O)N2CCOCC2)cc1)C1(c2ccc(F)cc2)CCC1. The van der Waals surface area contributed by atoms with Gasteiger partial charge >= 0.3 is 5.97 Å². The minimum Gasteiger partial charge on any atom is -0.490 e. The van der Waals surface area contributed by atoms with Crippen molar-refractivity contribution in [3.05, 3.63) is 59.9 Å². The van der Waals surface area contributed by atoms with Gasteiger partial charge < -0.3 is 14.2 Å². The Hall–Kier alpha value is -2.49. The predicted molar refractivity (Wildman–Crippen MR) is 114 cm³/mol. The zero-order valence-corrected chi connectivity index (χ0v) is 18.5. The molecule has 2 aromatic carbocycles. The van der Waals surface area contributed by atoms with Gasteiger partial charge in [0.1, 0.15) is 24.8 Å². The van der Waals surface area contributed by atoms with E-state index >= 15 is 0 Å². The van der Waals surface area contributed by atoms with Gasteiger partial charge in [0.05, 0.1) is 23.5 Å². The van der Waals surface area contributed by atoms with Crippen LogP contribution in [-0.2, 0) is 29.7 Å². The Kier molecular flexibility index (Phi) is 6.78. The lowest BCUT2D eigenvalue weighted by atomic mass is 9.64. The average molecular weight is 464 g/mol. The Bertz CT molecular complexity index is 1030. The molecule has 1 aliphatic heterocycles. The molecule has 1 aliphatic carbocycles. The van der Waals surface area contributed by atoms with Crippen molar-refractivity contribution in [1.29, 1.82) is 0 Å². The summed E-state index contributed by atoms with van der Waals surface area (Å²) >= 11 is 0. The third-order valence-electron chi connectivity index (χ3n) is 6.01. The second-order valence-corrected chi connectivity index (χ2v) is 9.85. The molecule has 0 radical (unpaired) electrons. The molecule has 2 aromatic rings. The summed E-state index contributed by atoms with van der Waals surface area (Å²) in [6.07, 6.45) is 2.28. The van der Waals surface area contributed by atoms with E-state index in [4.69, 9.17) is 14.2 Å². The van der Waals surface area contributed by atoms with Crippen molar-refractivity contribution in [1.82, 2.24) is 4.31 Å². The van der Waals surface area contributed by atoms with Crippen molar-refractivity contribution in [3.63, 3.8) is 0 Å². The van der Waals surface area contributed by atoms with Gasteiger partial charge in [-0.1, -0.05) is 18.6 Å². The first kappa shape index (κ1) is 22.7. The van der Waals surface area contributed by atoms with Crippen LogP contribution in [0.3, 0.4) is 0 Å². The highest BCUT2D eigenvalue weighted by molar-refractivity contribution is 7.89. The lowest BCUT2D eigenvalue weighted by Crippen LogP contribution is -2.44. The molecule has 1 heterocycles. The van der Waals surface area contributed by atoms with Gasteiger partial charge in [-0.2, -0.15) is 4.31 Å². The molecule has 9 heteroatoms. The van der Waals surface area contributed by atoms with Crippen molar-refractivity contribution in [2.75, 3.05) is 39.5 Å². The van der Waals surface area contributed by atoms with E-state index in [0.717, 1.165) is 12.0 Å². The maximum absolute atomic E-state index is 13.2. The van der Waals surface area contributed by atoms with Crippen molar-refractivity contribution in [2.45, 2.75) is 29.6 Å². The van der Waals surface area contributed by atoms with E-state index in [1.165, 1.54) is 28.6 Å². The standard InChI is InChI=1S/C23H26FNO6S/c24-19-4-2-18(3-5-19)23(10-1-11-23)22(26)31-17-16-30-20-6-8-21(9-7-20)32(27,28)25-12-14-29-15-13-25/h2-9H,1,10-17H2. The van der Waals surface area contributed by atoms with Crippen molar-refractivity contribution < 1.29 is 31.8 Å². The van der Waals surface area contributed by atoms with Gasteiger partial charge in [-0.15, -0.1) is 0 Å². The number of nitrogens with zero attached hydrogens (tertiary/aromatic N) is 1. The molecule has 0 atom stereocenters. The minimum atomic E-state index is -3.55. The summed E-state index contributed by atoms with van der Waals surface area (Å²) in [6, 6.07) is 12.2. The van der Waals surface area contributed by atoms with Crippen molar-refractivity contribution in [2.24, 2.45) is 0 Å². The third kappa shape index (κ3) is 4.65. The predicted octanol–water partition coefficient (Wildman–Crippen LogP) is 2.89. The van der Waals surface area contributed by atoms with Crippen molar-refractivity contribution in [3.8, 4) is 5.75 Å². The van der Waals surface area contributed by atoms with E-state index in [2.05, 4.69) is 0 Å². The topological polar surface area (TPSA) is 82.1 Å². The molecule has 0 aromatic heterocycles. The fraction of sp³-hybridized carbons (Fsp3) is 0.435. The largest absolute Gasteiger partial charge is 0.490 e. The highest BCUT2D eigenvalue weighted by Crippen LogP contribution is 2.44. The van der Waals surface area contributed by atoms with Gasteiger partial charge in [-0.3, -0.25) is 4.79 Å². The van der Waals surface area contributed by atoms with Crippen LogP contribution in [0, 0.1) is 5.82 Å². The number of hydrogen-bond donors (Lipinski definition) is 0. The van der Waals surface area contributed by atoms with Gasteiger partial charge in [0, 0.05) is 13.1 Å². The first-order valence-electron chi connectivity index (χ1n) is 10.7. The Morgan fingerprint density at radius 2 is 1.66 bits per heavy atom. The van der Waals surface area contributed by atoms with Crippen molar-refractivity contribution >= 4 is 16.0 Å². The van der Waals surface area contributed by atoms with E-state index in [0.29, 0.717) is 44.9 Å². The lowest BCUT2D eigenvalue weighted by Gasteiger charge is -2.39. The molecular weight excluding hydrogens is 437 g/mol. The maximum atomic E-state index is 13.2. The number of esters is 1. The molecule has 0 unspecified atom stereocenters. The number of benzene rings is 2. The fourth-order valence-electron chi connectivity index (χ4n) is 3.99. The van der Waals surface area contributed by atoms with Crippen LogP contribution in [0.1, 0.15) is 24.8 Å². The van der Waals surface area contributed by atoms with E-state index in [9.17, 15) is 17.6 Å². The Labute approximate surface area is 187 Å². The molecule has 7 nitrogen and oxygen atoms in total. The Morgan fingerprint density at radius 3 is 2.25 bits per heavy atom. The van der Waals surface area contributed by atoms with Gasteiger partial charge in [0.2, 0.25) is 10.0 Å². The van der Waals surface area contributed by atoms with Gasteiger partial charge in [0.15, 0.2) is 0 Å². The Morgan fingerprint density at radius 1 is 1.00 bits per heavy atom. The van der Waals surface area contributed by atoms with Crippen LogP contribution in [0.25, 0.3) is 0 Å². The second-order valence-electron chi connectivity index (χ2n) is 7.91. The second kappa shape index (κ2) is 9.56. The number of ether oxygens (including phenoxy) is 3. The number of morpholine rings is 1. The van der Waals surface area contributed by atoms with E-state index < -0.39 is 15.4 Å². The number of sulfonamides is 1. The zero-order chi connectivity index (χ0) is 22.6. The summed E-state index contributed by atoms with van der Waals surface area (Å²) in [5.74, 6) is -0.182. The molecule has 172 valence electrons. The van der Waals surface area contributed by atoms with Crippen LogP contribution in [0.5, 0.6) is 5.75 Å². The quantitative estimate of drug-likeness (QED) is 0.442. The molecular formula is C23H26FNO6S. The average Bonchev–Trinajstić information content (AvgIpc) is 2.78. The first-order chi connectivity index (χ1) is 15.4. The summed E-state index contributed by atoms with van der Waals surface area (Å²) in [7, 11) is -3.55. The monoisotopic (exact) mass is 463 g/mol. The summed E-state index contributed by atoms with van der Waals surface area (Å²) < 4.78 is 56.2. The van der Waals surface area contributed by atoms with Gasteiger partial charge in [-0.25, -0.2) is 12.8 Å². The number of hydrogen-bond acceptors (Lipinski definition) is 6. The Balaban J connectivity index is 1.28. The van der Waals surface area contributed by atoms with E-state index in [-0.39, 0.29) is 29.9 Å². The highest BCUT2D eigenvalue weighted by atomic mass is 32.2. The van der Waals surface area contributed by atoms with Crippen LogP contribution >= 0.6 is 0 Å². The van der Waals surface area contributed by atoms with Gasteiger partial charge in [-0.05, 0) is 54.8 Å². The smallest absolute Gasteiger partial charge is 0.316 e. The van der Waals surface area contributed by atoms with Crippen LogP contribution in [0.15, 0.2) is 53.4 Å². The molecule has 4 rings (SSSR count). The zero-order valence-electron chi connectivity index (χ0n) is 17.7. The fourth-order valence-corrected chi connectivity index (χ4v) is 5.39. The summed E-state index contributed by atoms with van der Waals surface area (Å²) in [4.78, 5) is 12.9. The number of carbonyl (C=O) groups is 1. The summed E-state index contributed by atoms with van der Waals surface area (Å²) in [5.41, 5.74) is 0.0663. The molecule has 2 aliphatic rings. The number of halogens is 1. The molecule has 0 bridgehead atoms. The van der Waals surface area contributed by atoms with Gasteiger partial charge in [0.25, 0.3) is 0 Å². The first-order valence-corrected chi connectivity index (χ1v) is 12.1. The number of carbonyl (C=O) groups excluding carboxylic acids is 1. The molecule has 1 saturated carbocycles. The van der Waals surface area contributed by atoms with Crippen LogP contribution in [-0.4, -0.2) is 58.2 Å². The maximum Gasteiger partial charge on any atom is 0.316 e. The molecule has 0 amide bonds. The van der Waals surface area contributed by atoms with Crippen LogP contribution in [0.2, 0.25) is 0 Å². The van der Waals surface area contributed by atoms with Crippen LogP contribution in [0.4, 0.5) is 4.39 Å². The molecule has 32 heavy (non-hydrogen) atoms. The minimum absolute atomic E-state index is 0.0651. The lowest BCUT2D eigenvalue weighted by molar-refractivity contribution is -0.155. The van der Waals surface area contributed by atoms with E-state index in [1.54, 1.807) is 24.3 Å². The van der Waals surface area contributed by atoms with Crippen LogP contribution < -0.4 is 4.74 Å². The number of rotatable bonds is 8. The highest BCUT2D eigenvalue weighted by Gasteiger charge is 2.47. The normalized spacial score (nSPS) is 18.5. The molecule has 1 saturated heterocycles. The summed E-state index contributed by atoms with van der Waals surface area (Å²) in [6.45, 7) is 1.66. The van der Waals surface area contributed by atoms with E-state index in [1.807, 2.05) is 0 Å². The molecule has 2 fully saturated rings.